The molecule has 0 aromatic heterocycles. The number of hydrogen-bond donors (Lipinski definition) is 2. The lowest BCUT2D eigenvalue weighted by atomic mass is 10.0. The minimum absolute atomic E-state index is 0.0729. The summed E-state index contributed by atoms with van der Waals surface area (Å²) in [5, 5.41) is 6.86. The van der Waals surface area contributed by atoms with Crippen LogP contribution in [0, 0.1) is 0 Å². The second kappa shape index (κ2) is 10.8. The lowest BCUT2D eigenvalue weighted by Crippen LogP contribution is -2.26. The molecule has 0 aliphatic rings. The lowest BCUT2D eigenvalue weighted by molar-refractivity contribution is -0.123. The fourth-order valence-corrected chi connectivity index (χ4v) is 2.61. The summed E-state index contributed by atoms with van der Waals surface area (Å²) >= 11 is 0. The number of carbonyl (C=O) groups excluding carboxylic acids is 2. The van der Waals surface area contributed by atoms with Crippen molar-refractivity contribution >= 4 is 23.2 Å². The fraction of sp³-hybridized carbons (Fsp3) is 0.318. The zero-order chi connectivity index (χ0) is 21.2. The molecule has 7 heteroatoms. The summed E-state index contributed by atoms with van der Waals surface area (Å²) in [6.45, 7) is 5.62. The van der Waals surface area contributed by atoms with Gasteiger partial charge in [0, 0.05) is 17.5 Å². The first-order chi connectivity index (χ1) is 13.9. The highest BCUT2D eigenvalue weighted by Crippen LogP contribution is 2.23. The Morgan fingerprint density at radius 2 is 1.76 bits per heavy atom. The van der Waals surface area contributed by atoms with Gasteiger partial charge in [0.1, 0.15) is 11.5 Å². The highest BCUT2D eigenvalue weighted by molar-refractivity contribution is 6.06. The predicted molar refractivity (Wildman–Crippen MR) is 114 cm³/mol. The van der Waals surface area contributed by atoms with Crippen LogP contribution in [0.1, 0.15) is 38.7 Å². The first-order valence-corrected chi connectivity index (χ1v) is 9.36. The van der Waals surface area contributed by atoms with Gasteiger partial charge in [-0.2, -0.15) is 5.10 Å². The average Bonchev–Trinajstić information content (AvgIpc) is 2.71. The number of anilines is 1. The van der Waals surface area contributed by atoms with Crippen molar-refractivity contribution in [3.05, 3.63) is 54.1 Å². The molecule has 0 aliphatic carbocycles. The summed E-state index contributed by atoms with van der Waals surface area (Å²) < 4.78 is 10.5. The van der Waals surface area contributed by atoms with E-state index < -0.39 is 5.91 Å². The van der Waals surface area contributed by atoms with E-state index in [1.165, 1.54) is 0 Å². The molecule has 0 unspecified atom stereocenters. The third-order valence-corrected chi connectivity index (χ3v) is 4.06. The predicted octanol–water partition coefficient (Wildman–Crippen LogP) is 3.72. The van der Waals surface area contributed by atoms with Crippen molar-refractivity contribution in [1.29, 1.82) is 0 Å². The van der Waals surface area contributed by atoms with Gasteiger partial charge >= 0.3 is 0 Å². The van der Waals surface area contributed by atoms with E-state index in [9.17, 15) is 9.59 Å². The first-order valence-electron chi connectivity index (χ1n) is 9.36. The van der Waals surface area contributed by atoms with Crippen LogP contribution in [0.3, 0.4) is 0 Å². The number of carbonyl (C=O) groups is 2. The van der Waals surface area contributed by atoms with Gasteiger partial charge in [0.2, 0.25) is 5.91 Å². The van der Waals surface area contributed by atoms with Crippen LogP contribution < -0.4 is 20.2 Å². The monoisotopic (exact) mass is 397 g/mol. The maximum absolute atomic E-state index is 12.3. The van der Waals surface area contributed by atoms with Gasteiger partial charge in [0.15, 0.2) is 6.61 Å². The molecule has 154 valence electrons. The van der Waals surface area contributed by atoms with Crippen molar-refractivity contribution in [3.63, 3.8) is 0 Å². The second-order valence-corrected chi connectivity index (χ2v) is 6.82. The maximum atomic E-state index is 12.3. The first kappa shape index (κ1) is 21.9. The highest BCUT2D eigenvalue weighted by atomic mass is 16.5. The Morgan fingerprint density at radius 3 is 2.48 bits per heavy atom. The van der Waals surface area contributed by atoms with Crippen molar-refractivity contribution in [2.45, 2.75) is 33.1 Å². The Morgan fingerprint density at radius 1 is 1.03 bits per heavy atom. The number of nitrogens with one attached hydrogen (secondary N) is 2. The van der Waals surface area contributed by atoms with E-state index in [2.05, 4.69) is 29.7 Å². The minimum atomic E-state index is -0.419. The maximum Gasteiger partial charge on any atom is 0.277 e. The van der Waals surface area contributed by atoms with Crippen LogP contribution >= 0.6 is 0 Å². The molecule has 2 rings (SSSR count). The number of nitrogens with zero attached hydrogens (tertiary/aromatic N) is 1. The molecule has 2 amide bonds. The number of ether oxygens (including phenoxy) is 2. The molecule has 0 fully saturated rings. The molecule has 0 saturated carbocycles. The van der Waals surface area contributed by atoms with Crippen LogP contribution in [-0.4, -0.2) is 31.2 Å². The summed E-state index contributed by atoms with van der Waals surface area (Å²) in [4.78, 5) is 24.2. The van der Waals surface area contributed by atoms with E-state index in [4.69, 9.17) is 9.47 Å². The van der Waals surface area contributed by atoms with Gasteiger partial charge in [-0.25, -0.2) is 5.43 Å². The van der Waals surface area contributed by atoms with E-state index in [1.807, 2.05) is 24.3 Å². The molecule has 0 bridgehead atoms. The Kier molecular flexibility index (Phi) is 8.21. The Hall–Kier alpha value is -3.35. The van der Waals surface area contributed by atoms with E-state index in [1.54, 1.807) is 38.3 Å². The van der Waals surface area contributed by atoms with Gasteiger partial charge in [0.25, 0.3) is 5.91 Å². The highest BCUT2D eigenvalue weighted by Gasteiger charge is 2.10. The molecule has 2 N–H and O–H groups in total. The van der Waals surface area contributed by atoms with E-state index >= 15 is 0 Å². The van der Waals surface area contributed by atoms with E-state index in [0.717, 1.165) is 11.3 Å². The van der Waals surface area contributed by atoms with Gasteiger partial charge in [-0.15, -0.1) is 0 Å². The fourth-order valence-electron chi connectivity index (χ4n) is 2.61. The number of rotatable bonds is 9. The second-order valence-electron chi connectivity index (χ2n) is 6.82. The van der Waals surface area contributed by atoms with Crippen LogP contribution in [-0.2, 0) is 9.59 Å². The van der Waals surface area contributed by atoms with Gasteiger partial charge in [0.05, 0.1) is 13.5 Å². The van der Waals surface area contributed by atoms with Gasteiger partial charge in [-0.3, -0.25) is 9.59 Å². The van der Waals surface area contributed by atoms with Crippen molar-refractivity contribution in [2.24, 2.45) is 5.10 Å². The molecule has 0 saturated heterocycles. The summed E-state index contributed by atoms with van der Waals surface area (Å²) in [5.74, 6) is 0.842. The molecule has 0 heterocycles. The van der Waals surface area contributed by atoms with Crippen LogP contribution in [0.25, 0.3) is 0 Å². The van der Waals surface area contributed by atoms with Crippen LogP contribution in [0.5, 0.6) is 11.5 Å². The molecular weight excluding hydrogens is 370 g/mol. The summed E-state index contributed by atoms with van der Waals surface area (Å²) in [7, 11) is 1.56. The number of hydrogen-bond acceptors (Lipinski definition) is 5. The number of benzene rings is 2. The van der Waals surface area contributed by atoms with Crippen LogP contribution in [0.15, 0.2) is 53.6 Å². The van der Waals surface area contributed by atoms with Crippen molar-refractivity contribution < 1.29 is 19.1 Å². The number of methoxy groups -OCH3 is 1. The third-order valence-electron chi connectivity index (χ3n) is 4.06. The molecule has 0 spiro atoms. The molecule has 0 atom stereocenters. The van der Waals surface area contributed by atoms with E-state index in [-0.39, 0.29) is 18.9 Å². The average molecular weight is 397 g/mol. The summed E-state index contributed by atoms with van der Waals surface area (Å²) in [6, 6.07) is 14.6. The molecule has 29 heavy (non-hydrogen) atoms. The number of para-hydroxylation sites is 1. The molecular formula is C22H27N3O4. The molecule has 7 nitrogen and oxygen atoms in total. The van der Waals surface area contributed by atoms with Crippen LogP contribution in [0.4, 0.5) is 5.69 Å². The Bertz CT molecular complexity index is 878. The van der Waals surface area contributed by atoms with Gasteiger partial charge < -0.3 is 14.8 Å². The number of hydrazone groups is 1. The van der Waals surface area contributed by atoms with Crippen molar-refractivity contribution in [3.8, 4) is 11.5 Å². The van der Waals surface area contributed by atoms with Crippen molar-refractivity contribution in [1.82, 2.24) is 5.43 Å². The van der Waals surface area contributed by atoms with E-state index in [0.29, 0.717) is 23.1 Å². The Balaban J connectivity index is 1.81. The van der Waals surface area contributed by atoms with Gasteiger partial charge in [-0.05, 0) is 36.6 Å². The van der Waals surface area contributed by atoms with Gasteiger partial charge in [-0.1, -0.05) is 38.1 Å². The zero-order valence-corrected chi connectivity index (χ0v) is 17.2. The molecule has 0 radical (unpaired) electrons. The minimum Gasteiger partial charge on any atom is -0.497 e. The third kappa shape index (κ3) is 7.29. The Labute approximate surface area is 171 Å². The summed E-state index contributed by atoms with van der Waals surface area (Å²) in [6.07, 6.45) is 0.0729. The standard InChI is InChI=1S/C22H27N3O4/c1-15(2)19-10-5-6-11-20(19)23-21(26)12-16(3)24-25-22(27)14-29-18-9-7-8-17(13-18)28-4/h5-11,13,15H,12,14H2,1-4H3,(H,23,26)(H,25,27). The normalized spacial score (nSPS) is 11.1. The van der Waals surface area contributed by atoms with Crippen molar-refractivity contribution in [2.75, 3.05) is 19.0 Å². The zero-order valence-electron chi connectivity index (χ0n) is 17.2. The molecule has 2 aromatic carbocycles. The SMILES string of the molecule is COc1cccc(OCC(=O)NN=C(C)CC(=O)Nc2ccccc2C(C)C)c1. The molecule has 0 aliphatic heterocycles. The smallest absolute Gasteiger partial charge is 0.277 e. The largest absolute Gasteiger partial charge is 0.497 e. The summed E-state index contributed by atoms with van der Waals surface area (Å²) in [5.41, 5.74) is 4.73. The quantitative estimate of drug-likeness (QED) is 0.499. The lowest BCUT2D eigenvalue weighted by Gasteiger charge is -2.13. The topological polar surface area (TPSA) is 89.0 Å². The number of amides is 2. The molecule has 2 aromatic rings. The van der Waals surface area contributed by atoms with Crippen LogP contribution in [0.2, 0.25) is 0 Å².